The summed E-state index contributed by atoms with van der Waals surface area (Å²) in [6, 6.07) is 6.47. The number of benzene rings is 1. The first-order valence-electron chi connectivity index (χ1n) is 5.69. The van der Waals surface area contributed by atoms with Gasteiger partial charge in [-0.2, -0.15) is 0 Å². The van der Waals surface area contributed by atoms with Crippen LogP contribution < -0.4 is 9.86 Å². The number of pyridine rings is 1. The third kappa shape index (κ3) is 2.27. The molecule has 5 nitrogen and oxygen atoms in total. The van der Waals surface area contributed by atoms with Crippen LogP contribution in [0.4, 0.5) is 5.69 Å². The van der Waals surface area contributed by atoms with Crippen molar-refractivity contribution in [2.24, 2.45) is 7.05 Å². The summed E-state index contributed by atoms with van der Waals surface area (Å²) in [5.41, 5.74) is 1.08. The van der Waals surface area contributed by atoms with Crippen LogP contribution in [-0.2, 0) is 17.1 Å². The average Bonchev–Trinajstić information content (AvgIpc) is 2.42. The second-order valence-corrected chi connectivity index (χ2v) is 6.95. The van der Waals surface area contributed by atoms with Gasteiger partial charge in [-0.05, 0) is 34.1 Å². The minimum absolute atomic E-state index is 0.121. The van der Waals surface area contributed by atoms with Gasteiger partial charge >= 0.3 is 0 Å². The number of hydrogen-bond donors (Lipinski definition) is 0. The van der Waals surface area contributed by atoms with Crippen molar-refractivity contribution in [3.63, 3.8) is 0 Å². The van der Waals surface area contributed by atoms with E-state index in [-0.39, 0.29) is 5.56 Å². The largest absolute Gasteiger partial charge is 0.311 e. The first-order chi connectivity index (χ1) is 9.29. The van der Waals surface area contributed by atoms with Gasteiger partial charge in [0.2, 0.25) is 0 Å². The summed E-state index contributed by atoms with van der Waals surface area (Å²) in [5, 5.41) is 1.65. The van der Waals surface area contributed by atoms with E-state index >= 15 is 0 Å². The summed E-state index contributed by atoms with van der Waals surface area (Å²) in [5.74, 6) is 0. The van der Waals surface area contributed by atoms with Gasteiger partial charge in [0.15, 0.2) is 0 Å². The van der Waals surface area contributed by atoms with Crippen LogP contribution in [0, 0.1) is 0 Å². The van der Waals surface area contributed by atoms with Crippen molar-refractivity contribution < 1.29 is 8.42 Å². The molecule has 0 N–H and O–H groups in total. The molecular formula is C13H13BrN2O3S. The molecule has 106 valence electrons. The summed E-state index contributed by atoms with van der Waals surface area (Å²) in [4.78, 5) is 11.6. The Morgan fingerprint density at radius 2 is 1.95 bits per heavy atom. The Hall–Kier alpha value is -1.60. The molecule has 7 heteroatoms. The van der Waals surface area contributed by atoms with Gasteiger partial charge in [0.05, 0.1) is 15.7 Å². The zero-order chi connectivity index (χ0) is 15.1. The van der Waals surface area contributed by atoms with Crippen LogP contribution in [0.3, 0.4) is 0 Å². The molecule has 0 saturated carbocycles. The zero-order valence-electron chi connectivity index (χ0n) is 11.0. The fourth-order valence-electron chi connectivity index (χ4n) is 1.90. The Kier molecular flexibility index (Phi) is 3.75. The lowest BCUT2D eigenvalue weighted by atomic mass is 10.2. The first kappa shape index (κ1) is 14.8. The van der Waals surface area contributed by atoms with Crippen molar-refractivity contribution in [2.45, 2.75) is 0 Å². The number of anilines is 1. The Labute approximate surface area is 125 Å². The number of aryl methyl sites for hydroxylation is 1. The van der Waals surface area contributed by atoms with Crippen molar-refractivity contribution >= 4 is 42.5 Å². The smallest absolute Gasteiger partial charge is 0.256 e. The molecule has 1 heterocycles. The highest BCUT2D eigenvalue weighted by molar-refractivity contribution is 9.10. The van der Waals surface area contributed by atoms with Crippen LogP contribution in [0.25, 0.3) is 10.9 Å². The molecule has 0 unspecified atom stereocenters. The van der Waals surface area contributed by atoms with Crippen molar-refractivity contribution in [1.82, 2.24) is 4.57 Å². The van der Waals surface area contributed by atoms with Crippen molar-refractivity contribution in [1.29, 1.82) is 0 Å². The normalized spacial score (nSPS) is 11.6. The van der Waals surface area contributed by atoms with Gasteiger partial charge in [0.1, 0.15) is 0 Å². The van der Waals surface area contributed by atoms with E-state index in [9.17, 15) is 13.2 Å². The predicted octanol–water partition coefficient (Wildman–Crippen LogP) is 2.21. The highest BCUT2D eigenvalue weighted by atomic mass is 79.9. The lowest BCUT2D eigenvalue weighted by Gasteiger charge is -2.20. The fraction of sp³-hybridized carbons (Fsp3) is 0.154. The molecule has 0 fully saturated rings. The summed E-state index contributed by atoms with van der Waals surface area (Å²) >= 11 is 3.41. The third-order valence-corrected chi connectivity index (χ3v) is 5.37. The molecule has 0 atom stereocenters. The average molecular weight is 357 g/mol. The number of hydrogen-bond acceptors (Lipinski definition) is 3. The van der Waals surface area contributed by atoms with Crippen LogP contribution in [-0.4, -0.2) is 20.0 Å². The second-order valence-electron chi connectivity index (χ2n) is 4.24. The molecule has 0 aliphatic rings. The van der Waals surface area contributed by atoms with Gasteiger partial charge in [-0.25, -0.2) is 8.42 Å². The predicted molar refractivity (Wildman–Crippen MR) is 84.4 cm³/mol. The Balaban J connectivity index is 2.77. The van der Waals surface area contributed by atoms with E-state index in [0.29, 0.717) is 10.2 Å². The van der Waals surface area contributed by atoms with E-state index in [1.807, 2.05) is 0 Å². The number of halogens is 1. The molecule has 0 radical (unpaired) electrons. The molecule has 2 aromatic rings. The van der Waals surface area contributed by atoms with Crippen molar-refractivity contribution in [2.75, 3.05) is 11.4 Å². The third-order valence-electron chi connectivity index (χ3n) is 3.15. The topological polar surface area (TPSA) is 59.4 Å². The molecule has 20 heavy (non-hydrogen) atoms. The maximum Gasteiger partial charge on any atom is 0.256 e. The van der Waals surface area contributed by atoms with E-state index in [1.165, 1.54) is 17.7 Å². The highest BCUT2D eigenvalue weighted by Crippen LogP contribution is 2.33. The van der Waals surface area contributed by atoms with Crippen molar-refractivity contribution in [3.05, 3.63) is 51.1 Å². The standard InChI is InChI=1S/C13H13BrN2O3S/c1-4-20(18,19)16(3)11-7-6-10-9(13(11)14)5-8-12(17)15(10)2/h4-8H,1H2,2-3H3. The lowest BCUT2D eigenvalue weighted by molar-refractivity contribution is 0.603. The quantitative estimate of drug-likeness (QED) is 0.846. The maximum absolute atomic E-state index is 11.8. The molecule has 0 spiro atoms. The zero-order valence-corrected chi connectivity index (χ0v) is 13.4. The van der Waals surface area contributed by atoms with Gasteiger partial charge in [-0.15, -0.1) is 0 Å². The van der Waals surface area contributed by atoms with Gasteiger partial charge in [-0.1, -0.05) is 6.58 Å². The van der Waals surface area contributed by atoms with Gasteiger partial charge in [0, 0.05) is 31.0 Å². The van der Waals surface area contributed by atoms with Crippen LogP contribution in [0.5, 0.6) is 0 Å². The van der Waals surface area contributed by atoms with Crippen LogP contribution in [0.1, 0.15) is 0 Å². The van der Waals surface area contributed by atoms with E-state index in [0.717, 1.165) is 20.6 Å². The second kappa shape index (κ2) is 5.06. The number of aromatic nitrogens is 1. The van der Waals surface area contributed by atoms with Gasteiger partial charge in [-0.3, -0.25) is 9.10 Å². The van der Waals surface area contributed by atoms with Crippen LogP contribution >= 0.6 is 15.9 Å². The molecule has 0 saturated heterocycles. The molecule has 1 aromatic heterocycles. The Bertz CT molecular complexity index is 856. The monoisotopic (exact) mass is 356 g/mol. The first-order valence-corrected chi connectivity index (χ1v) is 7.99. The number of rotatable bonds is 3. The van der Waals surface area contributed by atoms with E-state index in [4.69, 9.17) is 0 Å². The minimum atomic E-state index is -3.56. The number of fused-ring (bicyclic) bond motifs is 1. The van der Waals surface area contributed by atoms with Crippen molar-refractivity contribution in [3.8, 4) is 0 Å². The summed E-state index contributed by atoms with van der Waals surface area (Å²) < 4.78 is 26.9. The number of sulfonamides is 1. The summed E-state index contributed by atoms with van der Waals surface area (Å²) in [6.45, 7) is 3.31. The van der Waals surface area contributed by atoms with E-state index in [2.05, 4.69) is 22.5 Å². The number of nitrogens with zero attached hydrogens (tertiary/aromatic N) is 2. The molecular weight excluding hydrogens is 344 g/mol. The molecule has 0 aliphatic heterocycles. The Morgan fingerprint density at radius 3 is 2.55 bits per heavy atom. The fourth-order valence-corrected chi connectivity index (χ4v) is 3.40. The molecule has 0 amide bonds. The summed E-state index contributed by atoms with van der Waals surface area (Å²) in [7, 11) is -0.445. The Morgan fingerprint density at radius 1 is 1.30 bits per heavy atom. The van der Waals surface area contributed by atoms with E-state index in [1.54, 1.807) is 25.2 Å². The molecule has 2 rings (SSSR count). The maximum atomic E-state index is 11.8. The van der Waals surface area contributed by atoms with Crippen LogP contribution in [0.2, 0.25) is 0 Å². The SMILES string of the molecule is C=CS(=O)(=O)N(C)c1ccc2c(ccc(=O)n2C)c1Br. The molecule has 1 aromatic carbocycles. The molecule has 0 aliphatic carbocycles. The van der Waals surface area contributed by atoms with E-state index < -0.39 is 10.0 Å². The summed E-state index contributed by atoms with van der Waals surface area (Å²) in [6.07, 6.45) is 0. The van der Waals surface area contributed by atoms with Gasteiger partial charge in [0.25, 0.3) is 15.6 Å². The molecule has 0 bridgehead atoms. The minimum Gasteiger partial charge on any atom is -0.311 e. The highest BCUT2D eigenvalue weighted by Gasteiger charge is 2.18. The lowest BCUT2D eigenvalue weighted by Crippen LogP contribution is -2.24. The van der Waals surface area contributed by atoms with Gasteiger partial charge < -0.3 is 4.57 Å². The van der Waals surface area contributed by atoms with Crippen LogP contribution in [0.15, 0.2) is 45.5 Å².